The normalized spacial score (nSPS) is 11.8. The Morgan fingerprint density at radius 3 is 2.52 bits per heavy atom. The molecule has 0 bridgehead atoms. The molecule has 1 amide bonds. The summed E-state index contributed by atoms with van der Waals surface area (Å²) in [5.74, 6) is 1.35. The lowest BCUT2D eigenvalue weighted by molar-refractivity contribution is 0.0945. The van der Waals surface area contributed by atoms with Crippen molar-refractivity contribution in [3.63, 3.8) is 0 Å². The quantitative estimate of drug-likeness (QED) is 0.810. The first kappa shape index (κ1) is 16.8. The number of hydrogen-bond acceptors (Lipinski definition) is 6. The van der Waals surface area contributed by atoms with Crippen molar-refractivity contribution in [2.45, 2.75) is 25.9 Å². The summed E-state index contributed by atoms with van der Waals surface area (Å²) < 4.78 is 15.6. The van der Waals surface area contributed by atoms with Gasteiger partial charge in [0.05, 0.1) is 20.3 Å². The summed E-state index contributed by atoms with van der Waals surface area (Å²) in [6.07, 6.45) is 2.00. The maximum Gasteiger partial charge on any atom is 0.273 e. The van der Waals surface area contributed by atoms with Crippen LogP contribution in [0.1, 0.15) is 41.3 Å². The molecule has 7 nitrogen and oxygen atoms in total. The topological polar surface area (TPSA) is 99.6 Å². The van der Waals surface area contributed by atoms with Crippen molar-refractivity contribution in [3.05, 3.63) is 41.6 Å². The third-order valence-electron chi connectivity index (χ3n) is 3.38. The summed E-state index contributed by atoms with van der Waals surface area (Å²) >= 11 is 0. The second-order valence-electron chi connectivity index (χ2n) is 4.99. The van der Waals surface area contributed by atoms with E-state index in [0.717, 1.165) is 5.56 Å². The minimum atomic E-state index is -0.329. The highest BCUT2D eigenvalue weighted by Gasteiger charge is 2.15. The summed E-state index contributed by atoms with van der Waals surface area (Å²) in [5, 5.41) is 2.77. The molecule has 1 aromatic heterocycles. The number of methoxy groups -OCH3 is 2. The zero-order valence-electron chi connectivity index (χ0n) is 13.5. The largest absolute Gasteiger partial charge is 0.497 e. The number of carbonyl (C=O) groups is 1. The minimum absolute atomic E-state index is 0.207. The summed E-state index contributed by atoms with van der Waals surface area (Å²) in [6, 6.07) is 5.11. The second-order valence-corrected chi connectivity index (χ2v) is 4.99. The van der Waals surface area contributed by atoms with Crippen LogP contribution >= 0.6 is 0 Å². The van der Waals surface area contributed by atoms with E-state index in [9.17, 15) is 4.79 Å². The van der Waals surface area contributed by atoms with E-state index >= 15 is 0 Å². The highest BCUT2D eigenvalue weighted by molar-refractivity contribution is 5.91. The third-order valence-corrected chi connectivity index (χ3v) is 3.38. The maximum atomic E-state index is 12.1. The van der Waals surface area contributed by atoms with Crippen molar-refractivity contribution in [2.24, 2.45) is 5.73 Å². The van der Waals surface area contributed by atoms with Gasteiger partial charge in [0.25, 0.3) is 5.91 Å². The second kappa shape index (κ2) is 7.64. The molecular weight excluding hydrogens is 298 g/mol. The van der Waals surface area contributed by atoms with Crippen LogP contribution in [0.25, 0.3) is 0 Å². The number of carbonyl (C=O) groups excluding carboxylic acids is 1. The van der Waals surface area contributed by atoms with Crippen LogP contribution in [0.2, 0.25) is 0 Å². The molecule has 23 heavy (non-hydrogen) atoms. The Kier molecular flexibility index (Phi) is 5.59. The zero-order valence-corrected chi connectivity index (χ0v) is 13.5. The van der Waals surface area contributed by atoms with Gasteiger partial charge >= 0.3 is 0 Å². The van der Waals surface area contributed by atoms with Gasteiger partial charge in [-0.1, -0.05) is 6.92 Å². The van der Waals surface area contributed by atoms with Gasteiger partial charge in [0, 0.05) is 12.6 Å². The van der Waals surface area contributed by atoms with Crippen LogP contribution in [0, 0.1) is 0 Å². The fourth-order valence-electron chi connectivity index (χ4n) is 1.98. The molecule has 2 rings (SSSR count). The Hall–Kier alpha value is -2.54. The first-order chi connectivity index (χ1) is 11.1. The standard InChI is InChI=1S/C16H21N3O4/c1-4-13(17)16-19-14(9-23-16)15(20)18-8-10-5-11(21-2)7-12(6-10)22-3/h5-7,9,13H,4,8,17H2,1-3H3,(H,18,20). The minimum Gasteiger partial charge on any atom is -0.497 e. The predicted octanol–water partition coefficient (Wildman–Crippen LogP) is 2.03. The Balaban J connectivity index is 2.02. The summed E-state index contributed by atoms with van der Waals surface area (Å²) in [7, 11) is 3.15. The smallest absolute Gasteiger partial charge is 0.273 e. The van der Waals surface area contributed by atoms with Crippen molar-refractivity contribution >= 4 is 5.91 Å². The van der Waals surface area contributed by atoms with Crippen LogP contribution < -0.4 is 20.5 Å². The van der Waals surface area contributed by atoms with E-state index in [2.05, 4.69) is 10.3 Å². The summed E-state index contributed by atoms with van der Waals surface area (Å²) in [4.78, 5) is 16.2. The molecule has 0 radical (unpaired) electrons. The van der Waals surface area contributed by atoms with Crippen LogP contribution in [-0.2, 0) is 6.54 Å². The molecule has 1 atom stereocenters. The number of hydrogen-bond donors (Lipinski definition) is 2. The number of benzene rings is 1. The maximum absolute atomic E-state index is 12.1. The lowest BCUT2D eigenvalue weighted by Crippen LogP contribution is -2.23. The van der Waals surface area contributed by atoms with Crippen LogP contribution in [0.15, 0.2) is 28.9 Å². The number of aromatic nitrogens is 1. The zero-order chi connectivity index (χ0) is 16.8. The van der Waals surface area contributed by atoms with E-state index < -0.39 is 0 Å². The molecule has 0 aliphatic heterocycles. The number of ether oxygens (including phenoxy) is 2. The molecule has 0 saturated carbocycles. The first-order valence-electron chi connectivity index (χ1n) is 7.28. The highest BCUT2D eigenvalue weighted by Crippen LogP contribution is 2.22. The van der Waals surface area contributed by atoms with Gasteiger partial charge in [-0.2, -0.15) is 0 Å². The van der Waals surface area contributed by atoms with Gasteiger partial charge in [0.2, 0.25) is 5.89 Å². The number of nitrogens with two attached hydrogens (primary N) is 1. The summed E-state index contributed by atoms with van der Waals surface area (Å²) in [6.45, 7) is 2.24. The number of amides is 1. The van der Waals surface area contributed by atoms with Crippen molar-refractivity contribution < 1.29 is 18.7 Å². The van der Waals surface area contributed by atoms with E-state index in [1.165, 1.54) is 6.26 Å². The molecule has 1 aromatic carbocycles. The van der Waals surface area contributed by atoms with Gasteiger partial charge in [-0.25, -0.2) is 4.98 Å². The average molecular weight is 319 g/mol. The molecule has 0 fully saturated rings. The fraction of sp³-hybridized carbons (Fsp3) is 0.375. The fourth-order valence-corrected chi connectivity index (χ4v) is 1.98. The first-order valence-corrected chi connectivity index (χ1v) is 7.28. The lowest BCUT2D eigenvalue weighted by atomic mass is 10.2. The molecule has 1 heterocycles. The monoisotopic (exact) mass is 319 g/mol. The Morgan fingerprint density at radius 2 is 1.96 bits per heavy atom. The van der Waals surface area contributed by atoms with Crippen LogP contribution in [0.4, 0.5) is 0 Å². The summed E-state index contributed by atoms with van der Waals surface area (Å²) in [5.41, 5.74) is 6.88. The van der Waals surface area contributed by atoms with Gasteiger partial charge in [0.1, 0.15) is 17.8 Å². The number of nitrogens with one attached hydrogen (secondary N) is 1. The van der Waals surface area contributed by atoms with Crippen LogP contribution in [0.3, 0.4) is 0 Å². The van der Waals surface area contributed by atoms with Gasteiger partial charge in [-0.15, -0.1) is 0 Å². The molecule has 0 aliphatic rings. The van der Waals surface area contributed by atoms with Gasteiger partial charge in [-0.3, -0.25) is 4.79 Å². The Morgan fingerprint density at radius 1 is 1.30 bits per heavy atom. The molecule has 3 N–H and O–H groups in total. The number of rotatable bonds is 7. The van der Waals surface area contributed by atoms with E-state index in [1.54, 1.807) is 20.3 Å². The highest BCUT2D eigenvalue weighted by atomic mass is 16.5. The molecule has 1 unspecified atom stereocenters. The van der Waals surface area contributed by atoms with Crippen molar-refractivity contribution in [1.29, 1.82) is 0 Å². The van der Waals surface area contributed by atoms with E-state index in [0.29, 0.717) is 30.4 Å². The van der Waals surface area contributed by atoms with Crippen LogP contribution in [0.5, 0.6) is 11.5 Å². The number of oxazole rings is 1. The molecule has 124 valence electrons. The molecule has 0 saturated heterocycles. The molecular formula is C16H21N3O4. The van der Waals surface area contributed by atoms with Gasteiger partial charge in [-0.05, 0) is 24.1 Å². The van der Waals surface area contributed by atoms with E-state index in [1.807, 2.05) is 19.1 Å². The molecule has 7 heteroatoms. The lowest BCUT2D eigenvalue weighted by Gasteiger charge is -2.09. The average Bonchev–Trinajstić information content (AvgIpc) is 3.08. The van der Waals surface area contributed by atoms with Crippen molar-refractivity contribution in [2.75, 3.05) is 14.2 Å². The third kappa shape index (κ3) is 4.23. The van der Waals surface area contributed by atoms with Gasteiger partial charge in [0.15, 0.2) is 5.69 Å². The van der Waals surface area contributed by atoms with Crippen molar-refractivity contribution in [1.82, 2.24) is 10.3 Å². The van der Waals surface area contributed by atoms with Crippen LogP contribution in [-0.4, -0.2) is 25.1 Å². The molecule has 2 aromatic rings. The van der Waals surface area contributed by atoms with Crippen molar-refractivity contribution in [3.8, 4) is 11.5 Å². The molecule has 0 spiro atoms. The predicted molar refractivity (Wildman–Crippen MR) is 84.4 cm³/mol. The SMILES string of the molecule is CCC(N)c1nc(C(=O)NCc2cc(OC)cc(OC)c2)co1. The Labute approximate surface area is 134 Å². The Bertz CT molecular complexity index is 647. The van der Waals surface area contributed by atoms with Gasteiger partial charge < -0.3 is 24.9 Å². The molecule has 0 aliphatic carbocycles. The van der Waals surface area contributed by atoms with E-state index in [-0.39, 0.29) is 17.6 Å². The van der Waals surface area contributed by atoms with E-state index in [4.69, 9.17) is 19.6 Å². The number of nitrogens with zero attached hydrogens (tertiary/aromatic N) is 1.